The van der Waals surface area contributed by atoms with Crippen LogP contribution in [0.15, 0.2) is 36.4 Å². The summed E-state index contributed by atoms with van der Waals surface area (Å²) < 4.78 is 0. The zero-order chi connectivity index (χ0) is 18.5. The van der Waals surface area contributed by atoms with Gasteiger partial charge in [-0.2, -0.15) is 0 Å². The van der Waals surface area contributed by atoms with Gasteiger partial charge in [-0.15, -0.1) is 0 Å². The summed E-state index contributed by atoms with van der Waals surface area (Å²) in [5, 5.41) is 3.37. The van der Waals surface area contributed by atoms with Gasteiger partial charge < -0.3 is 5.32 Å². The molecule has 0 spiro atoms. The molecule has 4 rings (SSSR count). The van der Waals surface area contributed by atoms with Crippen LogP contribution in [0.4, 0.5) is 0 Å². The van der Waals surface area contributed by atoms with E-state index < -0.39 is 0 Å². The van der Waals surface area contributed by atoms with Crippen LogP contribution in [0, 0.1) is 5.92 Å². The molecule has 1 amide bonds. The van der Waals surface area contributed by atoms with Crippen LogP contribution in [0.25, 0.3) is 5.57 Å². The summed E-state index contributed by atoms with van der Waals surface area (Å²) in [5.41, 5.74) is 2.88. The van der Waals surface area contributed by atoms with E-state index in [0.29, 0.717) is 23.9 Å². The Morgan fingerprint density at radius 1 is 0.926 bits per heavy atom. The Morgan fingerprint density at radius 2 is 1.67 bits per heavy atom. The van der Waals surface area contributed by atoms with Crippen LogP contribution in [0.2, 0.25) is 0 Å². The highest BCUT2D eigenvalue weighted by Gasteiger charge is 2.29. The second-order valence-electron chi connectivity index (χ2n) is 8.69. The van der Waals surface area contributed by atoms with Gasteiger partial charge in [0.1, 0.15) is 0 Å². The van der Waals surface area contributed by atoms with Gasteiger partial charge in [0.15, 0.2) is 0 Å². The summed E-state index contributed by atoms with van der Waals surface area (Å²) in [5.74, 6) is 0.631. The van der Waals surface area contributed by atoms with Crippen molar-refractivity contribution >= 4 is 11.5 Å². The van der Waals surface area contributed by atoms with Crippen molar-refractivity contribution in [2.24, 2.45) is 5.92 Å². The van der Waals surface area contributed by atoms with Crippen molar-refractivity contribution in [2.45, 2.75) is 76.3 Å². The van der Waals surface area contributed by atoms with Gasteiger partial charge in [0.2, 0.25) is 5.91 Å². The van der Waals surface area contributed by atoms with E-state index in [9.17, 15) is 4.79 Å². The number of carbonyl (C=O) groups excluding carboxylic acids is 1. The van der Waals surface area contributed by atoms with Crippen LogP contribution < -0.4 is 5.32 Å². The van der Waals surface area contributed by atoms with Gasteiger partial charge in [-0.3, -0.25) is 9.69 Å². The van der Waals surface area contributed by atoms with Crippen LogP contribution in [0.1, 0.15) is 69.8 Å². The van der Waals surface area contributed by atoms with Crippen molar-refractivity contribution in [3.05, 3.63) is 42.0 Å². The topological polar surface area (TPSA) is 32.3 Å². The highest BCUT2D eigenvalue weighted by molar-refractivity contribution is 5.79. The lowest BCUT2D eigenvalue weighted by molar-refractivity contribution is -0.127. The van der Waals surface area contributed by atoms with E-state index in [1.54, 1.807) is 0 Å². The summed E-state index contributed by atoms with van der Waals surface area (Å²) in [4.78, 5) is 15.1. The molecular formula is C24H34N2O. The zero-order valence-corrected chi connectivity index (χ0v) is 16.5. The molecule has 1 aliphatic heterocycles. The number of carbonyl (C=O) groups is 1. The Balaban J connectivity index is 1.23. The van der Waals surface area contributed by atoms with Crippen molar-refractivity contribution in [3.8, 4) is 0 Å². The third-order valence-corrected chi connectivity index (χ3v) is 6.92. The maximum Gasteiger partial charge on any atom is 0.223 e. The van der Waals surface area contributed by atoms with Crippen molar-refractivity contribution < 1.29 is 4.79 Å². The summed E-state index contributed by atoms with van der Waals surface area (Å²) in [6.07, 6.45) is 14.3. The number of amides is 1. The Bertz CT molecular complexity index is 640. The van der Waals surface area contributed by atoms with Gasteiger partial charge in [-0.05, 0) is 56.1 Å². The van der Waals surface area contributed by atoms with Crippen LogP contribution >= 0.6 is 0 Å². The second-order valence-corrected chi connectivity index (χ2v) is 8.69. The van der Waals surface area contributed by atoms with E-state index in [1.807, 2.05) is 0 Å². The lowest BCUT2D eigenvalue weighted by Crippen LogP contribution is -2.46. The van der Waals surface area contributed by atoms with Gasteiger partial charge >= 0.3 is 0 Å². The minimum atomic E-state index is 0.292. The molecule has 27 heavy (non-hydrogen) atoms. The Hall–Kier alpha value is -1.61. The van der Waals surface area contributed by atoms with Crippen molar-refractivity contribution in [1.82, 2.24) is 10.2 Å². The Kier molecular flexibility index (Phi) is 6.28. The molecule has 1 aromatic carbocycles. The maximum atomic E-state index is 12.5. The molecule has 2 fully saturated rings. The molecule has 146 valence electrons. The lowest BCUT2D eigenvalue weighted by atomic mass is 9.86. The summed E-state index contributed by atoms with van der Waals surface area (Å²) in [7, 11) is 0. The van der Waals surface area contributed by atoms with Gasteiger partial charge in [-0.1, -0.05) is 55.7 Å². The zero-order valence-electron chi connectivity index (χ0n) is 16.5. The van der Waals surface area contributed by atoms with E-state index in [-0.39, 0.29) is 0 Å². The third-order valence-electron chi connectivity index (χ3n) is 6.92. The van der Waals surface area contributed by atoms with Gasteiger partial charge in [0.25, 0.3) is 0 Å². The molecule has 0 aromatic heterocycles. The van der Waals surface area contributed by atoms with Gasteiger partial charge in [-0.25, -0.2) is 0 Å². The lowest BCUT2D eigenvalue weighted by Gasteiger charge is -2.39. The quantitative estimate of drug-likeness (QED) is 0.831. The van der Waals surface area contributed by atoms with Crippen molar-refractivity contribution in [1.29, 1.82) is 0 Å². The smallest absolute Gasteiger partial charge is 0.223 e. The van der Waals surface area contributed by atoms with Crippen LogP contribution in [0.5, 0.6) is 0 Å². The number of hydrogen-bond acceptors (Lipinski definition) is 2. The minimum Gasteiger partial charge on any atom is -0.353 e. The predicted molar refractivity (Wildman–Crippen MR) is 111 cm³/mol. The SMILES string of the molecule is O=C(NC1CCC(N2CC=C(c3ccccc3)CC2)CC1)C1CCCCC1. The number of benzene rings is 1. The summed E-state index contributed by atoms with van der Waals surface area (Å²) in [6, 6.07) is 11.9. The molecule has 3 nitrogen and oxygen atoms in total. The monoisotopic (exact) mass is 366 g/mol. The number of rotatable bonds is 4. The van der Waals surface area contributed by atoms with Gasteiger partial charge in [0.05, 0.1) is 0 Å². The van der Waals surface area contributed by atoms with E-state index >= 15 is 0 Å². The summed E-state index contributed by atoms with van der Waals surface area (Å²) >= 11 is 0. The van der Waals surface area contributed by atoms with Crippen molar-refractivity contribution in [2.75, 3.05) is 13.1 Å². The Labute approximate surface area is 164 Å². The number of nitrogens with zero attached hydrogens (tertiary/aromatic N) is 1. The molecule has 1 aromatic rings. The number of nitrogens with one attached hydrogen (secondary N) is 1. The third kappa shape index (κ3) is 4.82. The number of hydrogen-bond donors (Lipinski definition) is 1. The van der Waals surface area contributed by atoms with Crippen LogP contribution in [-0.4, -0.2) is 36.0 Å². The van der Waals surface area contributed by atoms with Crippen molar-refractivity contribution in [3.63, 3.8) is 0 Å². The molecule has 3 heteroatoms. The Morgan fingerprint density at radius 3 is 2.33 bits per heavy atom. The average molecular weight is 367 g/mol. The highest BCUT2D eigenvalue weighted by atomic mass is 16.1. The molecule has 0 unspecified atom stereocenters. The molecule has 0 saturated heterocycles. The van der Waals surface area contributed by atoms with E-state index in [4.69, 9.17) is 0 Å². The molecule has 0 radical (unpaired) electrons. The average Bonchev–Trinajstić information content (AvgIpc) is 2.76. The van der Waals surface area contributed by atoms with Crippen LogP contribution in [0.3, 0.4) is 0 Å². The van der Waals surface area contributed by atoms with E-state index in [0.717, 1.165) is 38.6 Å². The van der Waals surface area contributed by atoms with E-state index in [2.05, 4.69) is 46.6 Å². The molecule has 2 saturated carbocycles. The minimum absolute atomic E-state index is 0.292. The first-order valence-electron chi connectivity index (χ1n) is 11.1. The maximum absolute atomic E-state index is 12.5. The normalized spacial score (nSPS) is 27.8. The van der Waals surface area contributed by atoms with E-state index in [1.165, 1.54) is 49.8 Å². The predicted octanol–water partition coefficient (Wildman–Crippen LogP) is 4.78. The van der Waals surface area contributed by atoms with Crippen LogP contribution in [-0.2, 0) is 4.79 Å². The molecule has 0 bridgehead atoms. The summed E-state index contributed by atoms with van der Waals surface area (Å²) in [6.45, 7) is 2.25. The molecule has 1 N–H and O–H groups in total. The molecular weight excluding hydrogens is 332 g/mol. The fourth-order valence-corrected chi connectivity index (χ4v) is 5.20. The standard InChI is InChI=1S/C24H34N2O/c27-24(21-9-5-2-6-10-21)25-22-11-13-23(14-12-22)26-17-15-20(16-18-26)19-7-3-1-4-8-19/h1,3-4,7-8,15,21-23H,2,5-6,9-14,16-18H2,(H,25,27). The fourth-order valence-electron chi connectivity index (χ4n) is 5.20. The molecule has 2 aliphatic carbocycles. The molecule has 1 heterocycles. The first kappa shape index (κ1) is 18.7. The van der Waals surface area contributed by atoms with Gasteiger partial charge in [0, 0.05) is 31.1 Å². The largest absolute Gasteiger partial charge is 0.353 e. The highest BCUT2D eigenvalue weighted by Crippen LogP contribution is 2.29. The first-order chi connectivity index (χ1) is 13.3. The fraction of sp³-hybridized carbons (Fsp3) is 0.625. The molecule has 0 atom stereocenters. The first-order valence-corrected chi connectivity index (χ1v) is 11.1. The molecule has 3 aliphatic rings. The second kappa shape index (κ2) is 9.05.